The van der Waals surface area contributed by atoms with Crippen molar-refractivity contribution in [2.75, 3.05) is 0 Å². The average Bonchev–Trinajstić information content (AvgIpc) is 2.91. The van der Waals surface area contributed by atoms with Crippen LogP contribution < -0.4 is 0 Å². The molecule has 0 spiro atoms. The van der Waals surface area contributed by atoms with Gasteiger partial charge in [0.05, 0.1) is 12.0 Å². The zero-order chi connectivity index (χ0) is 21.0. The minimum Gasteiger partial charge on any atom is -0.432 e. The number of rotatable bonds is 0. The lowest BCUT2D eigenvalue weighted by Gasteiger charge is -2.70. The smallest absolute Gasteiger partial charge is 0.336 e. The number of carbonyl (C=O) groups is 1. The van der Waals surface area contributed by atoms with Gasteiger partial charge in [-0.3, -0.25) is 0 Å². The van der Waals surface area contributed by atoms with E-state index in [0.29, 0.717) is 22.8 Å². The van der Waals surface area contributed by atoms with E-state index in [1.165, 1.54) is 32.1 Å². The molecule has 29 heavy (non-hydrogen) atoms. The molecule has 0 bridgehead atoms. The summed E-state index contributed by atoms with van der Waals surface area (Å²) in [5.74, 6) is 0.632. The topological polar surface area (TPSA) is 66.8 Å². The fourth-order valence-electron chi connectivity index (χ4n) is 9.63. The first-order valence-electron chi connectivity index (χ1n) is 11.7. The molecule has 1 saturated heterocycles. The number of hydrogen-bond acceptors (Lipinski definition) is 4. The average molecular weight is 403 g/mol. The summed E-state index contributed by atoms with van der Waals surface area (Å²) in [6, 6.07) is 0. The second-order valence-corrected chi connectivity index (χ2v) is 12.3. The highest BCUT2D eigenvalue weighted by Gasteiger charge is 2.70. The summed E-state index contributed by atoms with van der Waals surface area (Å²) in [6.45, 7) is 12.0. The van der Waals surface area contributed by atoms with E-state index in [2.05, 4.69) is 34.6 Å². The molecular weight excluding hydrogens is 364 g/mol. The fourth-order valence-corrected chi connectivity index (χ4v) is 9.63. The molecular formula is C25H38O4. The van der Waals surface area contributed by atoms with Gasteiger partial charge in [0.1, 0.15) is 0 Å². The van der Waals surface area contributed by atoms with Crippen LogP contribution >= 0.6 is 0 Å². The standard InChI is InChI=1S/C25H38O4/c1-22(2)10-6-11-23(3)15(22)9-12-24(4)16-8-7-14-19(21(28)29-20(14)27)25(16,5)18(26)13-17(23)24/h7,15-19,21,26,28H,6,8-13H2,1-5H3/t15?,16?,17?,18-,19+,21+,23-,24-,25+/m0/s1. The fraction of sp³-hybridized carbons (Fsp3) is 0.880. The number of aliphatic hydroxyl groups is 2. The van der Waals surface area contributed by atoms with Crippen LogP contribution in [0.4, 0.5) is 0 Å². The molecule has 4 fully saturated rings. The third-order valence-electron chi connectivity index (χ3n) is 10.9. The molecule has 3 saturated carbocycles. The number of allylic oxidation sites excluding steroid dienone is 1. The van der Waals surface area contributed by atoms with Crippen LogP contribution in [0.2, 0.25) is 0 Å². The van der Waals surface area contributed by atoms with Crippen LogP contribution in [0.25, 0.3) is 0 Å². The van der Waals surface area contributed by atoms with Gasteiger partial charge >= 0.3 is 5.97 Å². The summed E-state index contributed by atoms with van der Waals surface area (Å²) in [4.78, 5) is 12.3. The zero-order valence-electron chi connectivity index (χ0n) is 18.7. The number of esters is 1. The second-order valence-electron chi connectivity index (χ2n) is 12.3. The molecule has 5 aliphatic rings. The highest BCUT2D eigenvalue weighted by atomic mass is 16.6. The van der Waals surface area contributed by atoms with Gasteiger partial charge in [0.2, 0.25) is 6.29 Å². The Morgan fingerprint density at radius 2 is 1.66 bits per heavy atom. The largest absolute Gasteiger partial charge is 0.432 e. The van der Waals surface area contributed by atoms with Crippen molar-refractivity contribution in [3.05, 3.63) is 11.6 Å². The van der Waals surface area contributed by atoms with Crippen LogP contribution in [-0.2, 0) is 9.53 Å². The van der Waals surface area contributed by atoms with Crippen LogP contribution in [0.15, 0.2) is 11.6 Å². The minimum absolute atomic E-state index is 0.111. The molecule has 0 amide bonds. The van der Waals surface area contributed by atoms with Gasteiger partial charge < -0.3 is 14.9 Å². The van der Waals surface area contributed by atoms with Gasteiger partial charge in [0.15, 0.2) is 0 Å². The molecule has 0 radical (unpaired) electrons. The van der Waals surface area contributed by atoms with Crippen molar-refractivity contribution in [3.8, 4) is 0 Å². The van der Waals surface area contributed by atoms with Crippen molar-refractivity contribution >= 4 is 5.97 Å². The maximum atomic E-state index is 12.3. The molecule has 9 atom stereocenters. The Morgan fingerprint density at radius 1 is 0.966 bits per heavy atom. The van der Waals surface area contributed by atoms with Crippen molar-refractivity contribution in [1.82, 2.24) is 0 Å². The molecule has 0 aromatic heterocycles. The molecule has 1 aliphatic heterocycles. The summed E-state index contributed by atoms with van der Waals surface area (Å²) in [5, 5.41) is 22.2. The van der Waals surface area contributed by atoms with Crippen LogP contribution in [0, 0.1) is 45.3 Å². The molecule has 162 valence electrons. The Balaban J connectivity index is 1.60. The highest BCUT2D eigenvalue weighted by molar-refractivity contribution is 5.91. The third kappa shape index (κ3) is 2.31. The number of ether oxygens (including phenoxy) is 1. The predicted molar refractivity (Wildman–Crippen MR) is 111 cm³/mol. The molecule has 4 aliphatic carbocycles. The molecule has 4 heteroatoms. The molecule has 0 aromatic rings. The van der Waals surface area contributed by atoms with Crippen molar-refractivity contribution < 1.29 is 19.7 Å². The number of fused-ring (bicyclic) bond motifs is 7. The van der Waals surface area contributed by atoms with Crippen LogP contribution in [0.5, 0.6) is 0 Å². The predicted octanol–water partition coefficient (Wildman–Crippen LogP) is 4.44. The van der Waals surface area contributed by atoms with E-state index >= 15 is 0 Å². The minimum atomic E-state index is -1.13. The molecule has 0 aromatic carbocycles. The first-order valence-corrected chi connectivity index (χ1v) is 11.7. The van der Waals surface area contributed by atoms with E-state index in [1.54, 1.807) is 0 Å². The SMILES string of the molecule is CC1(C)CCC[C@@]2(C)C1CC[C@]1(C)C2C[C@H](O)[C@@]2(C)C1CC=C1C(=O)O[C@@H](O)[C@@H]12. The Morgan fingerprint density at radius 3 is 2.38 bits per heavy atom. The Hall–Kier alpha value is -0.870. The first-order chi connectivity index (χ1) is 13.5. The number of carbonyl (C=O) groups excluding carboxylic acids is 1. The van der Waals surface area contributed by atoms with Crippen LogP contribution in [0.1, 0.15) is 79.6 Å². The highest BCUT2D eigenvalue weighted by Crippen LogP contribution is 2.73. The zero-order valence-corrected chi connectivity index (χ0v) is 18.7. The van der Waals surface area contributed by atoms with E-state index in [4.69, 9.17) is 4.74 Å². The van der Waals surface area contributed by atoms with E-state index in [-0.39, 0.29) is 16.7 Å². The van der Waals surface area contributed by atoms with Crippen LogP contribution in [0.3, 0.4) is 0 Å². The molecule has 5 rings (SSSR count). The van der Waals surface area contributed by atoms with Crippen molar-refractivity contribution in [3.63, 3.8) is 0 Å². The van der Waals surface area contributed by atoms with Crippen molar-refractivity contribution in [2.24, 2.45) is 45.3 Å². The lowest BCUT2D eigenvalue weighted by atomic mass is 9.34. The van der Waals surface area contributed by atoms with Gasteiger partial charge in [0.25, 0.3) is 0 Å². The summed E-state index contributed by atoms with van der Waals surface area (Å²) >= 11 is 0. The molecule has 3 unspecified atom stereocenters. The molecule has 4 nitrogen and oxygen atoms in total. The van der Waals surface area contributed by atoms with E-state index in [1.807, 2.05) is 6.08 Å². The van der Waals surface area contributed by atoms with Gasteiger partial charge in [0, 0.05) is 11.0 Å². The maximum absolute atomic E-state index is 12.3. The van der Waals surface area contributed by atoms with Crippen LogP contribution in [-0.4, -0.2) is 28.6 Å². The lowest BCUT2D eigenvalue weighted by molar-refractivity contribution is -0.247. The third-order valence-corrected chi connectivity index (χ3v) is 10.9. The van der Waals surface area contributed by atoms with E-state index in [9.17, 15) is 15.0 Å². The quantitative estimate of drug-likeness (QED) is 0.588. The normalized spacial score (nSPS) is 55.7. The summed E-state index contributed by atoms with van der Waals surface area (Å²) < 4.78 is 5.21. The van der Waals surface area contributed by atoms with Gasteiger partial charge in [-0.1, -0.05) is 47.1 Å². The molecule has 2 N–H and O–H groups in total. The summed E-state index contributed by atoms with van der Waals surface area (Å²) in [7, 11) is 0. The number of hydrogen-bond donors (Lipinski definition) is 2. The number of cyclic esters (lactones) is 1. The van der Waals surface area contributed by atoms with E-state index in [0.717, 1.165) is 12.8 Å². The van der Waals surface area contributed by atoms with Gasteiger partial charge in [-0.25, -0.2) is 4.79 Å². The van der Waals surface area contributed by atoms with Crippen molar-refractivity contribution in [2.45, 2.75) is 92.0 Å². The first kappa shape index (κ1) is 20.1. The monoisotopic (exact) mass is 402 g/mol. The van der Waals surface area contributed by atoms with Crippen molar-refractivity contribution in [1.29, 1.82) is 0 Å². The second kappa shape index (κ2) is 5.88. The molecule has 1 heterocycles. The van der Waals surface area contributed by atoms with E-state index < -0.39 is 29.7 Å². The summed E-state index contributed by atoms with van der Waals surface area (Å²) in [6.07, 6.45) is 8.21. The van der Waals surface area contributed by atoms with Gasteiger partial charge in [-0.2, -0.15) is 0 Å². The Labute approximate surface area is 175 Å². The van der Waals surface area contributed by atoms with Gasteiger partial charge in [-0.05, 0) is 72.5 Å². The number of aliphatic hydroxyl groups excluding tert-OH is 2. The lowest BCUT2D eigenvalue weighted by Crippen LogP contribution is -2.66. The Bertz CT molecular complexity index is 771. The Kier molecular flexibility index (Phi) is 4.07. The maximum Gasteiger partial charge on any atom is 0.336 e. The van der Waals surface area contributed by atoms with Gasteiger partial charge in [-0.15, -0.1) is 0 Å². The summed E-state index contributed by atoms with van der Waals surface area (Å²) in [5.41, 5.74) is 0.799.